The van der Waals surface area contributed by atoms with E-state index in [0.29, 0.717) is 5.52 Å². The zero-order chi connectivity index (χ0) is 13.0. The van der Waals surface area contributed by atoms with Crippen molar-refractivity contribution >= 4 is 22.7 Å². The molecule has 0 fully saturated rings. The van der Waals surface area contributed by atoms with Gasteiger partial charge < -0.3 is 4.74 Å². The van der Waals surface area contributed by atoms with E-state index in [4.69, 9.17) is 4.74 Å². The number of nitrogens with zero attached hydrogens (tertiary/aromatic N) is 2. The largest absolute Gasteiger partial charge is 0.466 e. The number of rotatable bonds is 4. The van der Waals surface area contributed by atoms with Gasteiger partial charge in [-0.1, -0.05) is 0 Å². The molecule has 0 saturated carbocycles. The SMILES string of the molecule is CCOC(=O)CC(=O)c1ccc2cnccc2n1. The third-order valence-corrected chi connectivity index (χ3v) is 2.39. The zero-order valence-corrected chi connectivity index (χ0v) is 9.92. The van der Waals surface area contributed by atoms with Gasteiger partial charge in [-0.25, -0.2) is 4.98 Å². The molecule has 0 amide bonds. The van der Waals surface area contributed by atoms with E-state index in [2.05, 4.69) is 9.97 Å². The number of aromatic nitrogens is 2. The van der Waals surface area contributed by atoms with Gasteiger partial charge in [0.25, 0.3) is 0 Å². The van der Waals surface area contributed by atoms with E-state index < -0.39 is 5.97 Å². The van der Waals surface area contributed by atoms with Crippen LogP contribution in [0.25, 0.3) is 10.9 Å². The number of hydrogen-bond donors (Lipinski definition) is 0. The summed E-state index contributed by atoms with van der Waals surface area (Å²) in [5.41, 5.74) is 0.946. The smallest absolute Gasteiger partial charge is 0.313 e. The first kappa shape index (κ1) is 12.2. The van der Waals surface area contributed by atoms with E-state index in [-0.39, 0.29) is 24.5 Å². The van der Waals surface area contributed by atoms with Crippen molar-refractivity contribution in [3.05, 3.63) is 36.3 Å². The van der Waals surface area contributed by atoms with Gasteiger partial charge in [-0.3, -0.25) is 14.6 Å². The second kappa shape index (κ2) is 5.35. The molecule has 2 aromatic heterocycles. The highest BCUT2D eigenvalue weighted by Gasteiger charge is 2.14. The predicted molar refractivity (Wildman–Crippen MR) is 65.1 cm³/mol. The fraction of sp³-hybridized carbons (Fsp3) is 0.231. The van der Waals surface area contributed by atoms with Gasteiger partial charge in [-0.05, 0) is 25.1 Å². The monoisotopic (exact) mass is 244 g/mol. The van der Waals surface area contributed by atoms with Crippen LogP contribution in [0.1, 0.15) is 23.8 Å². The minimum absolute atomic E-state index is 0.266. The summed E-state index contributed by atoms with van der Waals surface area (Å²) in [5, 5.41) is 0.852. The Hall–Kier alpha value is -2.30. The molecule has 2 heterocycles. The van der Waals surface area contributed by atoms with Crippen molar-refractivity contribution in [3.63, 3.8) is 0 Å². The number of fused-ring (bicyclic) bond motifs is 1. The lowest BCUT2D eigenvalue weighted by molar-refractivity contribution is -0.141. The van der Waals surface area contributed by atoms with Crippen LogP contribution in [-0.2, 0) is 9.53 Å². The molecule has 92 valence electrons. The predicted octanol–water partition coefficient (Wildman–Crippen LogP) is 1.77. The molecule has 0 unspecified atom stereocenters. The lowest BCUT2D eigenvalue weighted by Crippen LogP contribution is -2.12. The number of esters is 1. The molecule has 0 bridgehead atoms. The first-order valence-corrected chi connectivity index (χ1v) is 5.60. The fourth-order valence-electron chi connectivity index (χ4n) is 1.55. The Balaban J connectivity index is 2.20. The van der Waals surface area contributed by atoms with Crippen molar-refractivity contribution in [2.24, 2.45) is 0 Å². The third-order valence-electron chi connectivity index (χ3n) is 2.39. The summed E-state index contributed by atoms with van der Waals surface area (Å²) in [5.74, 6) is -0.869. The van der Waals surface area contributed by atoms with Gasteiger partial charge in [0.2, 0.25) is 0 Å². The van der Waals surface area contributed by atoms with Crippen LogP contribution in [0.2, 0.25) is 0 Å². The van der Waals surface area contributed by atoms with Crippen LogP contribution in [0.4, 0.5) is 0 Å². The number of Topliss-reactive ketones (excluding diaryl/α,β-unsaturated/α-hetero) is 1. The minimum Gasteiger partial charge on any atom is -0.466 e. The molecular formula is C13H12N2O3. The second-order valence-electron chi connectivity index (χ2n) is 3.67. The highest BCUT2D eigenvalue weighted by atomic mass is 16.5. The van der Waals surface area contributed by atoms with Gasteiger partial charge in [-0.15, -0.1) is 0 Å². The van der Waals surface area contributed by atoms with E-state index in [1.54, 1.807) is 37.5 Å². The molecule has 2 rings (SSSR count). The summed E-state index contributed by atoms with van der Waals surface area (Å²) in [4.78, 5) is 31.2. The Morgan fingerprint density at radius 3 is 2.89 bits per heavy atom. The van der Waals surface area contributed by atoms with Crippen molar-refractivity contribution in [2.75, 3.05) is 6.61 Å². The maximum Gasteiger partial charge on any atom is 0.313 e. The van der Waals surface area contributed by atoms with Crippen LogP contribution in [-0.4, -0.2) is 28.3 Å². The molecule has 0 N–H and O–H groups in total. The molecule has 0 atom stereocenters. The molecule has 2 aromatic rings. The molecule has 0 aliphatic heterocycles. The normalized spacial score (nSPS) is 10.3. The maximum atomic E-state index is 11.8. The van der Waals surface area contributed by atoms with Crippen molar-refractivity contribution in [1.29, 1.82) is 0 Å². The number of ether oxygens (including phenoxy) is 1. The van der Waals surface area contributed by atoms with Crippen LogP contribution in [0, 0.1) is 0 Å². The number of pyridine rings is 2. The third kappa shape index (κ3) is 2.68. The van der Waals surface area contributed by atoms with Gasteiger partial charge in [0.15, 0.2) is 5.78 Å². The molecule has 0 aromatic carbocycles. The molecule has 0 spiro atoms. The Kier molecular flexibility index (Phi) is 3.62. The van der Waals surface area contributed by atoms with Crippen LogP contribution in [0.5, 0.6) is 0 Å². The van der Waals surface area contributed by atoms with Crippen molar-refractivity contribution in [1.82, 2.24) is 9.97 Å². The number of carbonyl (C=O) groups excluding carboxylic acids is 2. The average molecular weight is 244 g/mol. The average Bonchev–Trinajstić information content (AvgIpc) is 2.38. The summed E-state index contributed by atoms with van der Waals surface area (Å²) >= 11 is 0. The Morgan fingerprint density at radius 1 is 1.28 bits per heavy atom. The number of ketones is 1. The summed E-state index contributed by atoms with van der Waals surface area (Å²) in [6, 6.07) is 5.07. The van der Waals surface area contributed by atoms with Crippen molar-refractivity contribution < 1.29 is 14.3 Å². The molecule has 0 radical (unpaired) electrons. The van der Waals surface area contributed by atoms with Crippen LogP contribution in [0.15, 0.2) is 30.6 Å². The summed E-state index contributed by atoms with van der Waals surface area (Å²) in [7, 11) is 0. The Morgan fingerprint density at radius 2 is 2.11 bits per heavy atom. The van der Waals surface area contributed by atoms with Crippen LogP contribution < -0.4 is 0 Å². The Bertz CT molecular complexity index is 596. The first-order valence-electron chi connectivity index (χ1n) is 5.60. The number of hydrogen-bond acceptors (Lipinski definition) is 5. The fourth-order valence-corrected chi connectivity index (χ4v) is 1.55. The highest BCUT2D eigenvalue weighted by molar-refractivity contribution is 6.05. The topological polar surface area (TPSA) is 69.2 Å². The van der Waals surface area contributed by atoms with Gasteiger partial charge in [-0.2, -0.15) is 0 Å². The van der Waals surface area contributed by atoms with E-state index in [1.807, 2.05) is 0 Å². The molecule has 0 aliphatic carbocycles. The van der Waals surface area contributed by atoms with Gasteiger partial charge in [0.05, 0.1) is 12.1 Å². The molecular weight excluding hydrogens is 232 g/mol. The highest BCUT2D eigenvalue weighted by Crippen LogP contribution is 2.11. The van der Waals surface area contributed by atoms with Crippen LogP contribution in [0.3, 0.4) is 0 Å². The summed E-state index contributed by atoms with van der Waals surface area (Å²) < 4.78 is 4.72. The quantitative estimate of drug-likeness (QED) is 0.465. The summed E-state index contributed by atoms with van der Waals surface area (Å²) in [6.07, 6.45) is 2.99. The van der Waals surface area contributed by atoms with Crippen LogP contribution >= 0.6 is 0 Å². The Labute approximate surface area is 104 Å². The molecule has 0 saturated heterocycles. The summed E-state index contributed by atoms with van der Waals surface area (Å²) in [6.45, 7) is 1.96. The second-order valence-corrected chi connectivity index (χ2v) is 3.67. The lowest BCUT2D eigenvalue weighted by atomic mass is 10.1. The number of carbonyl (C=O) groups is 2. The van der Waals surface area contributed by atoms with Gasteiger partial charge >= 0.3 is 5.97 Å². The molecule has 18 heavy (non-hydrogen) atoms. The van der Waals surface area contributed by atoms with E-state index >= 15 is 0 Å². The molecule has 5 heteroatoms. The molecule has 0 aliphatic rings. The minimum atomic E-state index is -0.529. The van der Waals surface area contributed by atoms with E-state index in [1.165, 1.54) is 0 Å². The zero-order valence-electron chi connectivity index (χ0n) is 9.92. The molecule has 5 nitrogen and oxygen atoms in total. The standard InChI is InChI=1S/C13H12N2O3/c1-2-18-13(17)7-12(16)11-4-3-9-8-14-6-5-10(9)15-11/h3-6,8H,2,7H2,1H3. The van der Waals surface area contributed by atoms with Crippen molar-refractivity contribution in [3.8, 4) is 0 Å². The van der Waals surface area contributed by atoms with Gasteiger partial charge in [0, 0.05) is 17.8 Å². The maximum absolute atomic E-state index is 11.8. The van der Waals surface area contributed by atoms with Gasteiger partial charge in [0.1, 0.15) is 12.1 Å². The van der Waals surface area contributed by atoms with Crippen molar-refractivity contribution in [2.45, 2.75) is 13.3 Å². The van der Waals surface area contributed by atoms with E-state index in [0.717, 1.165) is 5.39 Å². The van der Waals surface area contributed by atoms with E-state index in [9.17, 15) is 9.59 Å². The lowest BCUT2D eigenvalue weighted by Gasteiger charge is -2.02. The first-order chi connectivity index (χ1) is 8.70.